The Morgan fingerprint density at radius 2 is 2.06 bits per heavy atom. The molecular weight excluding hydrogens is 284 g/mol. The molecule has 0 aromatic heterocycles. The van der Waals surface area contributed by atoms with Gasteiger partial charge in [0.1, 0.15) is 11.9 Å². The Hall–Kier alpha value is -1.03. The van der Waals surface area contributed by atoms with Crippen molar-refractivity contribution in [2.75, 3.05) is 0 Å². The Balaban J connectivity index is 2.86. The molecule has 0 unspecified atom stereocenters. The molecule has 0 fully saturated rings. The lowest BCUT2D eigenvalue weighted by molar-refractivity contribution is -0.138. The summed E-state index contributed by atoms with van der Waals surface area (Å²) in [5, 5.41) is 8.70. The van der Waals surface area contributed by atoms with Gasteiger partial charge in [0.2, 0.25) is 0 Å². The number of carboxylic acids is 1. The third-order valence-electron chi connectivity index (χ3n) is 2.38. The molecule has 4 heteroatoms. The largest absolute Gasteiger partial charge is 0.490 e. The molecule has 0 aliphatic rings. The molecule has 1 aromatic carbocycles. The Morgan fingerprint density at radius 3 is 2.59 bits per heavy atom. The summed E-state index contributed by atoms with van der Waals surface area (Å²) in [5.74, 6) is 0.247. The molecule has 3 nitrogen and oxygen atoms in total. The third-order valence-corrected chi connectivity index (χ3v) is 2.88. The van der Waals surface area contributed by atoms with Gasteiger partial charge in [0.15, 0.2) is 0 Å². The first-order valence-electron chi connectivity index (χ1n) is 5.58. The summed E-state index contributed by atoms with van der Waals surface area (Å²) < 4.78 is 6.67. The van der Waals surface area contributed by atoms with E-state index in [0.717, 1.165) is 15.8 Å². The van der Waals surface area contributed by atoms with E-state index in [9.17, 15) is 4.79 Å². The number of hydrogen-bond donors (Lipinski definition) is 1. The highest BCUT2D eigenvalue weighted by Crippen LogP contribution is 2.30. The second-order valence-corrected chi connectivity index (χ2v) is 5.28. The zero-order valence-electron chi connectivity index (χ0n) is 10.2. The van der Waals surface area contributed by atoms with Crippen molar-refractivity contribution in [1.29, 1.82) is 0 Å². The molecule has 17 heavy (non-hydrogen) atoms. The highest BCUT2D eigenvalue weighted by atomic mass is 79.9. The normalized spacial score (nSPS) is 12.5. The monoisotopic (exact) mass is 300 g/mol. The molecule has 0 amide bonds. The second-order valence-electron chi connectivity index (χ2n) is 4.36. The van der Waals surface area contributed by atoms with Crippen molar-refractivity contribution in [2.45, 2.75) is 39.2 Å². The molecule has 0 bridgehead atoms. The number of carbonyl (C=O) groups is 1. The standard InChI is InChI=1S/C13H17BrO3/c1-8(2)11-7-10(14)4-5-12(11)17-9(3)6-13(15)16/h4-5,7-9H,6H2,1-3H3,(H,15,16)/t9-/m1/s1. The van der Waals surface area contributed by atoms with Gasteiger partial charge in [-0.15, -0.1) is 0 Å². The summed E-state index contributed by atoms with van der Waals surface area (Å²) in [6.45, 7) is 5.92. The lowest BCUT2D eigenvalue weighted by Gasteiger charge is -2.18. The second kappa shape index (κ2) is 6.05. The van der Waals surface area contributed by atoms with Crippen LogP contribution < -0.4 is 4.74 Å². The molecule has 0 spiro atoms. The Labute approximate surface area is 110 Å². The van der Waals surface area contributed by atoms with E-state index in [0.29, 0.717) is 5.92 Å². The van der Waals surface area contributed by atoms with Crippen molar-refractivity contribution in [1.82, 2.24) is 0 Å². The average Bonchev–Trinajstić information content (AvgIpc) is 2.19. The maximum atomic E-state index is 10.6. The average molecular weight is 301 g/mol. The molecule has 1 atom stereocenters. The van der Waals surface area contributed by atoms with Crippen LogP contribution >= 0.6 is 15.9 Å². The number of benzene rings is 1. The molecule has 0 aliphatic carbocycles. The molecule has 94 valence electrons. The molecule has 0 heterocycles. The van der Waals surface area contributed by atoms with E-state index in [2.05, 4.69) is 29.8 Å². The lowest BCUT2D eigenvalue weighted by atomic mass is 10.0. The van der Waals surface area contributed by atoms with Gasteiger partial charge in [-0.3, -0.25) is 4.79 Å². The van der Waals surface area contributed by atoms with E-state index < -0.39 is 5.97 Å². The summed E-state index contributed by atoms with van der Waals surface area (Å²) in [5.41, 5.74) is 1.08. The van der Waals surface area contributed by atoms with E-state index in [4.69, 9.17) is 9.84 Å². The van der Waals surface area contributed by atoms with Gasteiger partial charge in [0, 0.05) is 4.47 Å². The summed E-state index contributed by atoms with van der Waals surface area (Å²) in [6, 6.07) is 5.78. The predicted octanol–water partition coefficient (Wildman–Crippen LogP) is 3.81. The smallest absolute Gasteiger partial charge is 0.307 e. The highest BCUT2D eigenvalue weighted by Gasteiger charge is 2.13. The number of rotatable bonds is 5. The SMILES string of the molecule is CC(C)c1cc(Br)ccc1O[C@H](C)CC(=O)O. The zero-order valence-corrected chi connectivity index (χ0v) is 11.8. The first-order valence-corrected chi connectivity index (χ1v) is 6.37. The molecule has 1 N–H and O–H groups in total. The zero-order chi connectivity index (χ0) is 13.0. The summed E-state index contributed by atoms with van der Waals surface area (Å²) >= 11 is 3.42. The van der Waals surface area contributed by atoms with Crippen LogP contribution in [0.15, 0.2) is 22.7 Å². The van der Waals surface area contributed by atoms with Gasteiger partial charge in [-0.05, 0) is 36.6 Å². The minimum absolute atomic E-state index is 0.00754. The molecule has 0 radical (unpaired) electrons. The van der Waals surface area contributed by atoms with Gasteiger partial charge in [-0.25, -0.2) is 0 Å². The maximum absolute atomic E-state index is 10.6. The van der Waals surface area contributed by atoms with Crippen molar-refractivity contribution in [3.8, 4) is 5.75 Å². The van der Waals surface area contributed by atoms with Crippen molar-refractivity contribution in [3.63, 3.8) is 0 Å². The van der Waals surface area contributed by atoms with Crippen LogP contribution in [0.1, 0.15) is 38.7 Å². The van der Waals surface area contributed by atoms with Crippen LogP contribution in [0, 0.1) is 0 Å². The molecule has 0 aliphatic heterocycles. The van der Waals surface area contributed by atoms with Crippen LogP contribution in [-0.4, -0.2) is 17.2 Å². The van der Waals surface area contributed by atoms with E-state index in [-0.39, 0.29) is 12.5 Å². The van der Waals surface area contributed by atoms with Gasteiger partial charge >= 0.3 is 5.97 Å². The van der Waals surface area contributed by atoms with Crippen molar-refractivity contribution in [3.05, 3.63) is 28.2 Å². The highest BCUT2D eigenvalue weighted by molar-refractivity contribution is 9.10. The van der Waals surface area contributed by atoms with Gasteiger partial charge in [0.25, 0.3) is 0 Å². The number of carboxylic acid groups (broad SMARTS) is 1. The van der Waals surface area contributed by atoms with Crippen LogP contribution in [0.2, 0.25) is 0 Å². The van der Waals surface area contributed by atoms with Crippen LogP contribution in [-0.2, 0) is 4.79 Å². The minimum atomic E-state index is -0.847. The third kappa shape index (κ3) is 4.38. The summed E-state index contributed by atoms with van der Waals surface area (Å²) in [7, 11) is 0. The van der Waals surface area contributed by atoms with Crippen LogP contribution in [0.4, 0.5) is 0 Å². The van der Waals surface area contributed by atoms with E-state index in [1.54, 1.807) is 6.92 Å². The number of halogens is 1. The molecular formula is C13H17BrO3. The van der Waals surface area contributed by atoms with Crippen molar-refractivity contribution in [2.24, 2.45) is 0 Å². The molecule has 0 saturated carbocycles. The summed E-state index contributed by atoms with van der Waals surface area (Å²) in [6.07, 6.45) is -0.320. The topological polar surface area (TPSA) is 46.5 Å². The quantitative estimate of drug-likeness (QED) is 0.899. The first kappa shape index (κ1) is 14.0. The number of aliphatic carboxylic acids is 1. The fraction of sp³-hybridized carbons (Fsp3) is 0.462. The van der Waals surface area contributed by atoms with Gasteiger partial charge < -0.3 is 9.84 Å². The van der Waals surface area contributed by atoms with Crippen LogP contribution in [0.3, 0.4) is 0 Å². The van der Waals surface area contributed by atoms with Crippen LogP contribution in [0.5, 0.6) is 5.75 Å². The Morgan fingerprint density at radius 1 is 1.41 bits per heavy atom. The molecule has 0 saturated heterocycles. The number of hydrogen-bond acceptors (Lipinski definition) is 2. The lowest BCUT2D eigenvalue weighted by Crippen LogP contribution is -2.17. The van der Waals surface area contributed by atoms with Crippen molar-refractivity contribution >= 4 is 21.9 Å². The Bertz CT molecular complexity index is 402. The van der Waals surface area contributed by atoms with Gasteiger partial charge in [-0.2, -0.15) is 0 Å². The van der Waals surface area contributed by atoms with Gasteiger partial charge in [0.05, 0.1) is 6.42 Å². The Kier molecular flexibility index (Phi) is 5.00. The van der Waals surface area contributed by atoms with E-state index in [1.165, 1.54) is 0 Å². The minimum Gasteiger partial charge on any atom is -0.490 e. The molecule has 1 rings (SSSR count). The van der Waals surface area contributed by atoms with Gasteiger partial charge in [-0.1, -0.05) is 29.8 Å². The van der Waals surface area contributed by atoms with E-state index >= 15 is 0 Å². The first-order chi connectivity index (χ1) is 7.90. The van der Waals surface area contributed by atoms with Crippen LogP contribution in [0.25, 0.3) is 0 Å². The molecule has 1 aromatic rings. The summed E-state index contributed by atoms with van der Waals surface area (Å²) in [4.78, 5) is 10.6. The van der Waals surface area contributed by atoms with Crippen molar-refractivity contribution < 1.29 is 14.6 Å². The fourth-order valence-corrected chi connectivity index (χ4v) is 1.96. The maximum Gasteiger partial charge on any atom is 0.307 e. The van der Waals surface area contributed by atoms with E-state index in [1.807, 2.05) is 18.2 Å². The predicted molar refractivity (Wildman–Crippen MR) is 70.6 cm³/mol. The number of ether oxygens (including phenoxy) is 1. The fourth-order valence-electron chi connectivity index (χ4n) is 1.58.